The number of amides is 2. The van der Waals surface area contributed by atoms with Crippen molar-refractivity contribution in [2.75, 3.05) is 30.8 Å². The molecule has 1 unspecified atom stereocenters. The third-order valence-electron chi connectivity index (χ3n) is 6.80. The number of hydrogen-bond donors (Lipinski definition) is 4. The molecule has 9 nitrogen and oxygen atoms in total. The number of fused-ring (bicyclic) bond motifs is 1. The number of carbonyl (C=O) groups excluding carboxylic acids is 2. The van der Waals surface area contributed by atoms with Gasteiger partial charge in [0.2, 0.25) is 17.8 Å². The predicted octanol–water partition coefficient (Wildman–Crippen LogP) is 4.45. The Labute approximate surface area is 231 Å². The summed E-state index contributed by atoms with van der Waals surface area (Å²) in [5.41, 5.74) is 4.19. The van der Waals surface area contributed by atoms with E-state index in [9.17, 15) is 9.59 Å². The van der Waals surface area contributed by atoms with E-state index in [1.165, 1.54) is 6.08 Å². The number of halogens is 1. The fraction of sp³-hybridized carbons (Fsp3) is 0.241. The molecule has 2 atom stereocenters. The summed E-state index contributed by atoms with van der Waals surface area (Å²) in [7, 11) is 2.00. The molecule has 0 aliphatic carbocycles. The van der Waals surface area contributed by atoms with Crippen LogP contribution in [0.15, 0.2) is 73.6 Å². The third-order valence-corrected chi connectivity index (χ3v) is 7.08. The van der Waals surface area contributed by atoms with E-state index in [1.54, 1.807) is 18.3 Å². The van der Waals surface area contributed by atoms with Gasteiger partial charge in [0.25, 0.3) is 0 Å². The molecule has 5 rings (SSSR count). The first kappa shape index (κ1) is 26.4. The summed E-state index contributed by atoms with van der Waals surface area (Å²) in [5.74, 6) is 0.0169. The average Bonchev–Trinajstić information content (AvgIpc) is 3.37. The van der Waals surface area contributed by atoms with E-state index in [-0.39, 0.29) is 23.8 Å². The van der Waals surface area contributed by atoms with Crippen molar-refractivity contribution in [2.24, 2.45) is 5.92 Å². The van der Waals surface area contributed by atoms with Crippen molar-refractivity contribution >= 4 is 46.0 Å². The molecule has 2 aromatic carbocycles. The number of likely N-dealkylation sites (N-methyl/N-ethyl adjacent to an activating group) is 1. The first-order valence-electron chi connectivity index (χ1n) is 12.7. The lowest BCUT2D eigenvalue weighted by molar-refractivity contribution is -0.126. The molecule has 3 heterocycles. The van der Waals surface area contributed by atoms with Crippen molar-refractivity contribution in [1.29, 1.82) is 0 Å². The van der Waals surface area contributed by atoms with Gasteiger partial charge >= 0.3 is 0 Å². The molecule has 4 aromatic rings. The number of carbonyl (C=O) groups is 2. The summed E-state index contributed by atoms with van der Waals surface area (Å²) in [6.07, 6.45) is 5.39. The van der Waals surface area contributed by atoms with Gasteiger partial charge in [-0.05, 0) is 43.3 Å². The Hall–Kier alpha value is -4.21. The highest BCUT2D eigenvalue weighted by Crippen LogP contribution is 2.32. The van der Waals surface area contributed by atoms with Crippen molar-refractivity contribution in [1.82, 2.24) is 25.2 Å². The van der Waals surface area contributed by atoms with Gasteiger partial charge in [-0.2, -0.15) is 0 Å². The zero-order valence-electron chi connectivity index (χ0n) is 21.6. The highest BCUT2D eigenvalue weighted by Gasteiger charge is 2.30. The summed E-state index contributed by atoms with van der Waals surface area (Å²) in [6, 6.07) is 15.3. The number of nitrogens with zero attached hydrogens (tertiary/aromatic N) is 3. The zero-order chi connectivity index (χ0) is 27.4. The van der Waals surface area contributed by atoms with Crippen LogP contribution in [0.5, 0.6) is 0 Å². The van der Waals surface area contributed by atoms with E-state index in [0.717, 1.165) is 28.6 Å². The average molecular weight is 544 g/mol. The standard InChI is InChI=1S/C29H30ClN7O2/c1-3-26(38)34-20-10-8-18(9-11-20)13-32-28(39)19-12-21(17-37(2)16-19)35-29-33-15-24(30)27(36-29)23-14-31-25-7-5-4-6-22(23)25/h3-11,14-15,19,21,31H,1,12-13,16-17H2,2H3,(H,32,39)(H,34,38)(H,33,35,36)/t19-,21?/m1/s1. The molecule has 1 aliphatic rings. The normalized spacial score (nSPS) is 17.5. The minimum absolute atomic E-state index is 0.00565. The molecule has 4 N–H and O–H groups in total. The molecule has 0 radical (unpaired) electrons. The molecule has 2 aromatic heterocycles. The summed E-state index contributed by atoms with van der Waals surface area (Å²) < 4.78 is 0. The topological polar surface area (TPSA) is 115 Å². The number of anilines is 2. The van der Waals surface area contributed by atoms with Crippen molar-refractivity contribution in [3.05, 3.63) is 84.2 Å². The van der Waals surface area contributed by atoms with E-state index < -0.39 is 0 Å². The maximum Gasteiger partial charge on any atom is 0.247 e. The van der Waals surface area contributed by atoms with Crippen LogP contribution in [0.2, 0.25) is 5.02 Å². The number of H-pyrrole nitrogens is 1. The molecule has 1 fully saturated rings. The maximum absolute atomic E-state index is 13.1. The van der Waals surface area contributed by atoms with Crippen LogP contribution in [0.3, 0.4) is 0 Å². The lowest BCUT2D eigenvalue weighted by Gasteiger charge is -2.35. The predicted molar refractivity (Wildman–Crippen MR) is 154 cm³/mol. The molecule has 0 saturated carbocycles. The number of para-hydroxylation sites is 1. The molecule has 1 aliphatic heterocycles. The van der Waals surface area contributed by atoms with Crippen LogP contribution in [-0.2, 0) is 16.1 Å². The van der Waals surface area contributed by atoms with Gasteiger partial charge in [0, 0.05) is 54.0 Å². The Balaban J connectivity index is 1.22. The second-order valence-corrected chi connectivity index (χ2v) is 10.1. The molecule has 10 heteroatoms. The molecular formula is C29H30ClN7O2. The first-order valence-corrected chi connectivity index (χ1v) is 13.1. The fourth-order valence-corrected chi connectivity index (χ4v) is 5.12. The number of aromatic nitrogens is 3. The van der Waals surface area contributed by atoms with Crippen molar-refractivity contribution in [2.45, 2.75) is 19.0 Å². The SMILES string of the molecule is C=CC(=O)Nc1ccc(CNC(=O)[C@@H]2CC(Nc3ncc(Cl)c(-c4c[nH]c5ccccc45)n3)CN(C)C2)cc1. The van der Waals surface area contributed by atoms with E-state index in [1.807, 2.05) is 49.6 Å². The van der Waals surface area contributed by atoms with Gasteiger partial charge in [-0.15, -0.1) is 0 Å². The Morgan fingerprint density at radius 2 is 1.97 bits per heavy atom. The van der Waals surface area contributed by atoms with Crippen molar-refractivity contribution in [3.8, 4) is 11.3 Å². The maximum atomic E-state index is 13.1. The van der Waals surface area contributed by atoms with Crippen LogP contribution in [0.1, 0.15) is 12.0 Å². The monoisotopic (exact) mass is 543 g/mol. The van der Waals surface area contributed by atoms with Crippen LogP contribution in [0, 0.1) is 5.92 Å². The quantitative estimate of drug-likeness (QED) is 0.244. The summed E-state index contributed by atoms with van der Waals surface area (Å²) in [4.78, 5) is 39.1. The Kier molecular flexibility index (Phi) is 7.90. The molecule has 39 heavy (non-hydrogen) atoms. The minimum atomic E-state index is -0.265. The van der Waals surface area contributed by atoms with Crippen molar-refractivity contribution < 1.29 is 9.59 Å². The molecule has 0 spiro atoms. The fourth-order valence-electron chi connectivity index (χ4n) is 4.92. The number of hydrogen-bond acceptors (Lipinski definition) is 6. The van der Waals surface area contributed by atoms with E-state index >= 15 is 0 Å². The Morgan fingerprint density at radius 1 is 1.18 bits per heavy atom. The zero-order valence-corrected chi connectivity index (χ0v) is 22.3. The van der Waals surface area contributed by atoms with Crippen molar-refractivity contribution in [3.63, 3.8) is 0 Å². The minimum Gasteiger partial charge on any atom is -0.360 e. The van der Waals surface area contributed by atoms with Crippen LogP contribution < -0.4 is 16.0 Å². The van der Waals surface area contributed by atoms with Crippen LogP contribution in [-0.4, -0.2) is 57.8 Å². The Morgan fingerprint density at radius 3 is 2.77 bits per heavy atom. The largest absolute Gasteiger partial charge is 0.360 e. The highest BCUT2D eigenvalue weighted by molar-refractivity contribution is 6.33. The number of likely N-dealkylation sites (tertiary alicyclic amines) is 1. The van der Waals surface area contributed by atoms with E-state index in [2.05, 4.69) is 37.4 Å². The van der Waals surface area contributed by atoms with Crippen LogP contribution in [0.4, 0.5) is 11.6 Å². The number of piperidine rings is 1. The van der Waals surface area contributed by atoms with Gasteiger partial charge in [-0.25, -0.2) is 9.97 Å². The number of aromatic amines is 1. The smallest absolute Gasteiger partial charge is 0.247 e. The second kappa shape index (κ2) is 11.7. The van der Waals surface area contributed by atoms with Gasteiger partial charge in [-0.1, -0.05) is 48.5 Å². The molecule has 1 saturated heterocycles. The van der Waals surface area contributed by atoms with Gasteiger partial charge in [0.05, 0.1) is 22.8 Å². The number of nitrogens with one attached hydrogen (secondary N) is 4. The number of benzene rings is 2. The van der Waals surface area contributed by atoms with Gasteiger partial charge < -0.3 is 25.8 Å². The van der Waals surface area contributed by atoms with E-state index in [4.69, 9.17) is 16.6 Å². The van der Waals surface area contributed by atoms with E-state index in [0.29, 0.717) is 41.9 Å². The van der Waals surface area contributed by atoms with Gasteiger partial charge in [0.15, 0.2) is 0 Å². The van der Waals surface area contributed by atoms with Gasteiger partial charge in [-0.3, -0.25) is 9.59 Å². The number of rotatable bonds is 8. The first-order chi connectivity index (χ1) is 18.9. The lowest BCUT2D eigenvalue weighted by atomic mass is 9.93. The summed E-state index contributed by atoms with van der Waals surface area (Å²) >= 11 is 6.49. The second-order valence-electron chi connectivity index (χ2n) is 9.74. The third kappa shape index (κ3) is 6.27. The Bertz CT molecular complexity index is 1500. The molecule has 200 valence electrons. The highest BCUT2D eigenvalue weighted by atomic mass is 35.5. The van der Waals surface area contributed by atoms with Crippen LogP contribution in [0.25, 0.3) is 22.2 Å². The molecule has 2 amide bonds. The lowest BCUT2D eigenvalue weighted by Crippen LogP contribution is -2.49. The van der Waals surface area contributed by atoms with Gasteiger partial charge in [0.1, 0.15) is 0 Å². The molecule has 0 bridgehead atoms. The van der Waals surface area contributed by atoms with Crippen LogP contribution >= 0.6 is 11.6 Å². The summed E-state index contributed by atoms with van der Waals surface area (Å²) in [5, 5.41) is 10.7. The summed E-state index contributed by atoms with van der Waals surface area (Å²) in [6.45, 7) is 5.28. The molecular weight excluding hydrogens is 514 g/mol.